The SMILES string of the molecule is CCSC1=C(c2cccs2)C(=O)N(c2cccc(C)c2C)C1=O. The molecule has 118 valence electrons. The van der Waals surface area contributed by atoms with Crippen molar-refractivity contribution in [1.82, 2.24) is 0 Å². The number of aryl methyl sites for hydroxylation is 1. The van der Waals surface area contributed by atoms with Crippen LogP contribution in [0.4, 0.5) is 5.69 Å². The Bertz CT molecular complexity index is 806. The van der Waals surface area contributed by atoms with E-state index in [1.54, 1.807) is 0 Å². The van der Waals surface area contributed by atoms with Gasteiger partial charge in [0.25, 0.3) is 11.8 Å². The molecule has 0 radical (unpaired) electrons. The minimum Gasteiger partial charge on any atom is -0.268 e. The van der Waals surface area contributed by atoms with Crippen molar-refractivity contribution in [2.75, 3.05) is 10.7 Å². The molecule has 3 nitrogen and oxygen atoms in total. The number of carbonyl (C=O) groups is 2. The van der Waals surface area contributed by atoms with Crippen molar-refractivity contribution in [3.8, 4) is 0 Å². The first kappa shape index (κ1) is 16.0. The van der Waals surface area contributed by atoms with Crippen molar-refractivity contribution in [1.29, 1.82) is 0 Å². The zero-order valence-corrected chi connectivity index (χ0v) is 14.9. The summed E-state index contributed by atoms with van der Waals surface area (Å²) < 4.78 is 0. The van der Waals surface area contributed by atoms with Crippen LogP contribution in [0.2, 0.25) is 0 Å². The van der Waals surface area contributed by atoms with Crippen molar-refractivity contribution >= 4 is 46.2 Å². The van der Waals surface area contributed by atoms with E-state index in [0.29, 0.717) is 16.2 Å². The summed E-state index contributed by atoms with van der Waals surface area (Å²) in [5.74, 6) is 0.324. The Morgan fingerprint density at radius 2 is 1.87 bits per heavy atom. The summed E-state index contributed by atoms with van der Waals surface area (Å²) in [6.07, 6.45) is 0. The van der Waals surface area contributed by atoms with Crippen LogP contribution in [0, 0.1) is 13.8 Å². The summed E-state index contributed by atoms with van der Waals surface area (Å²) in [6.45, 7) is 5.92. The highest BCUT2D eigenvalue weighted by atomic mass is 32.2. The fourth-order valence-electron chi connectivity index (χ4n) is 2.62. The number of carbonyl (C=O) groups excluding carboxylic acids is 2. The Morgan fingerprint density at radius 3 is 2.52 bits per heavy atom. The molecular formula is C18H17NO2S2. The standard InChI is InChI=1S/C18H17NO2S2/c1-4-22-16-15(14-9-6-10-23-14)17(20)19(18(16)21)13-8-5-7-11(2)12(13)3/h5-10H,4H2,1-3H3. The Labute approximate surface area is 144 Å². The molecule has 5 heteroatoms. The number of thiophene rings is 1. The second kappa shape index (κ2) is 6.34. The van der Waals surface area contributed by atoms with Crippen LogP contribution in [0.15, 0.2) is 40.6 Å². The highest BCUT2D eigenvalue weighted by Gasteiger charge is 2.40. The fourth-order valence-corrected chi connectivity index (χ4v) is 4.30. The van der Waals surface area contributed by atoms with E-state index in [1.807, 2.05) is 56.5 Å². The average molecular weight is 343 g/mol. The van der Waals surface area contributed by atoms with Crippen molar-refractivity contribution in [2.45, 2.75) is 20.8 Å². The monoisotopic (exact) mass is 343 g/mol. The number of anilines is 1. The van der Waals surface area contributed by atoms with Crippen molar-refractivity contribution in [2.24, 2.45) is 0 Å². The van der Waals surface area contributed by atoms with E-state index in [-0.39, 0.29) is 11.8 Å². The largest absolute Gasteiger partial charge is 0.272 e. The van der Waals surface area contributed by atoms with Gasteiger partial charge in [0.2, 0.25) is 0 Å². The minimum absolute atomic E-state index is 0.209. The van der Waals surface area contributed by atoms with E-state index in [0.717, 1.165) is 21.8 Å². The third-order valence-corrected chi connectivity index (χ3v) is 5.76. The lowest BCUT2D eigenvalue weighted by Crippen LogP contribution is -2.32. The number of hydrogen-bond donors (Lipinski definition) is 0. The highest BCUT2D eigenvalue weighted by Crippen LogP contribution is 2.40. The summed E-state index contributed by atoms with van der Waals surface area (Å²) in [5.41, 5.74) is 3.25. The van der Waals surface area contributed by atoms with Gasteiger partial charge in [-0.3, -0.25) is 9.59 Å². The molecule has 0 saturated heterocycles. The van der Waals surface area contributed by atoms with Gasteiger partial charge in [-0.25, -0.2) is 4.90 Å². The van der Waals surface area contributed by atoms with Gasteiger partial charge in [0.1, 0.15) is 0 Å². The molecular weight excluding hydrogens is 326 g/mol. The summed E-state index contributed by atoms with van der Waals surface area (Å²) in [7, 11) is 0. The van der Waals surface area contributed by atoms with Crippen molar-refractivity contribution < 1.29 is 9.59 Å². The minimum atomic E-state index is -0.220. The van der Waals surface area contributed by atoms with Crippen LogP contribution in [0.25, 0.3) is 5.57 Å². The van der Waals surface area contributed by atoms with Crippen LogP contribution in [-0.2, 0) is 9.59 Å². The van der Waals surface area contributed by atoms with Gasteiger partial charge in [0.15, 0.2) is 0 Å². The quantitative estimate of drug-likeness (QED) is 0.772. The van der Waals surface area contributed by atoms with Crippen LogP contribution >= 0.6 is 23.1 Å². The van der Waals surface area contributed by atoms with E-state index in [1.165, 1.54) is 28.0 Å². The topological polar surface area (TPSA) is 37.4 Å². The van der Waals surface area contributed by atoms with Gasteiger partial charge in [0.05, 0.1) is 16.2 Å². The molecule has 3 rings (SSSR count). The molecule has 0 aliphatic carbocycles. The fraction of sp³-hybridized carbons (Fsp3) is 0.222. The molecule has 1 aromatic heterocycles. The van der Waals surface area contributed by atoms with Crippen LogP contribution < -0.4 is 4.90 Å². The van der Waals surface area contributed by atoms with E-state index < -0.39 is 0 Å². The molecule has 0 bridgehead atoms. The molecule has 0 N–H and O–H groups in total. The lowest BCUT2D eigenvalue weighted by molar-refractivity contribution is -0.119. The number of nitrogens with zero attached hydrogens (tertiary/aromatic N) is 1. The molecule has 0 spiro atoms. The predicted octanol–water partition coefficient (Wildman–Crippen LogP) is 4.40. The number of hydrogen-bond acceptors (Lipinski definition) is 4. The second-order valence-electron chi connectivity index (χ2n) is 5.28. The van der Waals surface area contributed by atoms with Crippen molar-refractivity contribution in [3.05, 3.63) is 56.6 Å². The molecule has 0 saturated carbocycles. The normalized spacial score (nSPS) is 15.0. The molecule has 2 aromatic rings. The lowest BCUT2D eigenvalue weighted by Gasteiger charge is -2.18. The van der Waals surface area contributed by atoms with Gasteiger partial charge in [-0.15, -0.1) is 23.1 Å². The van der Waals surface area contributed by atoms with Gasteiger partial charge in [-0.1, -0.05) is 25.1 Å². The maximum Gasteiger partial charge on any atom is 0.272 e. The number of amides is 2. The van der Waals surface area contributed by atoms with E-state index in [2.05, 4.69) is 0 Å². The Balaban J connectivity index is 2.12. The van der Waals surface area contributed by atoms with Crippen LogP contribution in [0.3, 0.4) is 0 Å². The molecule has 2 heterocycles. The van der Waals surface area contributed by atoms with Crippen LogP contribution in [0.5, 0.6) is 0 Å². The van der Waals surface area contributed by atoms with Crippen LogP contribution in [0.1, 0.15) is 22.9 Å². The molecule has 0 fully saturated rings. The maximum atomic E-state index is 13.0. The van der Waals surface area contributed by atoms with Gasteiger partial charge >= 0.3 is 0 Å². The molecule has 2 amide bonds. The zero-order valence-electron chi connectivity index (χ0n) is 13.3. The lowest BCUT2D eigenvalue weighted by atomic mass is 10.1. The Kier molecular flexibility index (Phi) is 4.41. The first-order valence-corrected chi connectivity index (χ1v) is 9.28. The number of rotatable bonds is 4. The van der Waals surface area contributed by atoms with Crippen molar-refractivity contribution in [3.63, 3.8) is 0 Å². The Hall–Kier alpha value is -1.85. The highest BCUT2D eigenvalue weighted by molar-refractivity contribution is 8.04. The predicted molar refractivity (Wildman–Crippen MR) is 97.8 cm³/mol. The first-order valence-electron chi connectivity index (χ1n) is 7.42. The van der Waals surface area contributed by atoms with E-state index in [9.17, 15) is 9.59 Å². The molecule has 0 unspecified atom stereocenters. The van der Waals surface area contributed by atoms with Gasteiger partial charge in [-0.2, -0.15) is 0 Å². The van der Waals surface area contributed by atoms with Gasteiger partial charge in [-0.05, 0) is 48.2 Å². The summed E-state index contributed by atoms with van der Waals surface area (Å²) in [6, 6.07) is 9.50. The van der Waals surface area contributed by atoms with E-state index >= 15 is 0 Å². The average Bonchev–Trinajstić information content (AvgIpc) is 3.12. The third kappa shape index (κ3) is 2.64. The molecule has 1 aliphatic rings. The summed E-state index contributed by atoms with van der Waals surface area (Å²) >= 11 is 2.93. The van der Waals surface area contributed by atoms with Gasteiger partial charge in [0, 0.05) is 4.88 Å². The Morgan fingerprint density at radius 1 is 1.09 bits per heavy atom. The molecule has 0 atom stereocenters. The van der Waals surface area contributed by atoms with Gasteiger partial charge < -0.3 is 0 Å². The zero-order chi connectivity index (χ0) is 16.6. The first-order chi connectivity index (χ1) is 11.1. The summed E-state index contributed by atoms with van der Waals surface area (Å²) in [4.78, 5) is 28.6. The molecule has 23 heavy (non-hydrogen) atoms. The maximum absolute atomic E-state index is 13.0. The van der Waals surface area contributed by atoms with Crippen LogP contribution in [-0.4, -0.2) is 17.6 Å². The summed E-state index contributed by atoms with van der Waals surface area (Å²) in [5, 5.41) is 1.93. The smallest absolute Gasteiger partial charge is 0.268 e. The number of imide groups is 1. The second-order valence-corrected chi connectivity index (χ2v) is 7.50. The molecule has 1 aliphatic heterocycles. The van der Waals surface area contributed by atoms with E-state index in [4.69, 9.17) is 0 Å². The molecule has 1 aromatic carbocycles. The number of benzene rings is 1. The number of thioether (sulfide) groups is 1. The third-order valence-electron chi connectivity index (χ3n) is 3.91.